The number of thioether (sulfide) groups is 1. The van der Waals surface area contributed by atoms with Crippen LogP contribution in [-0.4, -0.2) is 32.6 Å². The summed E-state index contributed by atoms with van der Waals surface area (Å²) in [7, 11) is 0. The maximum absolute atomic E-state index is 5.68. The minimum atomic E-state index is 0.723. The molecule has 2 aromatic carbocycles. The molecule has 0 amide bonds. The highest BCUT2D eigenvalue weighted by Gasteiger charge is 2.07. The summed E-state index contributed by atoms with van der Waals surface area (Å²) in [6.45, 7) is 0.723. The van der Waals surface area contributed by atoms with Gasteiger partial charge >= 0.3 is 0 Å². The second-order valence-corrected chi connectivity index (χ2v) is 6.02. The molecule has 0 aliphatic heterocycles. The van der Waals surface area contributed by atoms with Crippen LogP contribution in [0.4, 0.5) is 0 Å². The lowest BCUT2D eigenvalue weighted by atomic mass is 10.3. The number of benzene rings is 2. The smallest absolute Gasteiger partial charge is 0.166 e. The van der Waals surface area contributed by atoms with E-state index in [1.165, 1.54) is 0 Å². The first-order valence-electron chi connectivity index (χ1n) is 7.52. The van der Waals surface area contributed by atoms with E-state index in [0.29, 0.717) is 0 Å². The molecule has 23 heavy (non-hydrogen) atoms. The fourth-order valence-electron chi connectivity index (χ4n) is 2.10. The maximum Gasteiger partial charge on any atom is 0.166 e. The molecule has 0 unspecified atom stereocenters. The molecule has 6 heteroatoms. The van der Waals surface area contributed by atoms with Crippen molar-refractivity contribution < 1.29 is 4.74 Å². The molecule has 0 aliphatic rings. The SMILES string of the molecule is c1ccc(OCCCSCc2nnnn2-c2ccccc2)cc1. The second-order valence-electron chi connectivity index (χ2n) is 4.91. The zero-order chi connectivity index (χ0) is 15.7. The first kappa shape index (κ1) is 15.6. The average molecular weight is 326 g/mol. The number of nitrogens with zero attached hydrogens (tertiary/aromatic N) is 4. The highest BCUT2D eigenvalue weighted by Crippen LogP contribution is 2.15. The van der Waals surface area contributed by atoms with Gasteiger partial charge in [0.1, 0.15) is 5.75 Å². The van der Waals surface area contributed by atoms with Crippen molar-refractivity contribution in [3.63, 3.8) is 0 Å². The molecule has 3 aromatic rings. The first-order chi connectivity index (χ1) is 11.4. The molecule has 5 nitrogen and oxygen atoms in total. The van der Waals surface area contributed by atoms with Crippen LogP contribution in [0.25, 0.3) is 5.69 Å². The summed E-state index contributed by atoms with van der Waals surface area (Å²) in [5, 5.41) is 11.9. The summed E-state index contributed by atoms with van der Waals surface area (Å²) in [6, 6.07) is 19.8. The van der Waals surface area contributed by atoms with Gasteiger partial charge in [0.05, 0.1) is 18.0 Å². The van der Waals surface area contributed by atoms with Crippen molar-refractivity contribution >= 4 is 11.8 Å². The number of tetrazole rings is 1. The van der Waals surface area contributed by atoms with E-state index < -0.39 is 0 Å². The molecule has 0 aliphatic carbocycles. The molecule has 0 fully saturated rings. The highest BCUT2D eigenvalue weighted by molar-refractivity contribution is 7.98. The monoisotopic (exact) mass is 326 g/mol. The normalized spacial score (nSPS) is 10.6. The van der Waals surface area contributed by atoms with Crippen LogP contribution in [0.15, 0.2) is 60.7 Å². The van der Waals surface area contributed by atoms with Gasteiger partial charge in [0, 0.05) is 0 Å². The predicted molar refractivity (Wildman–Crippen MR) is 91.9 cm³/mol. The Hall–Kier alpha value is -2.34. The van der Waals surface area contributed by atoms with E-state index in [9.17, 15) is 0 Å². The number of ether oxygens (including phenoxy) is 1. The molecule has 0 spiro atoms. The van der Waals surface area contributed by atoms with E-state index in [-0.39, 0.29) is 0 Å². The van der Waals surface area contributed by atoms with Crippen LogP contribution in [-0.2, 0) is 5.75 Å². The molecule has 118 valence electrons. The Morgan fingerprint density at radius 2 is 1.70 bits per heavy atom. The third-order valence-electron chi connectivity index (χ3n) is 3.21. The number of hydrogen-bond acceptors (Lipinski definition) is 5. The zero-order valence-electron chi connectivity index (χ0n) is 12.7. The molecule has 0 atom stereocenters. The summed E-state index contributed by atoms with van der Waals surface area (Å²) >= 11 is 1.81. The fourth-order valence-corrected chi connectivity index (χ4v) is 2.93. The predicted octanol–water partition coefficient (Wildman–Crippen LogP) is 3.36. The maximum atomic E-state index is 5.68. The van der Waals surface area contributed by atoms with E-state index >= 15 is 0 Å². The molecular formula is C17H18N4OS. The van der Waals surface area contributed by atoms with Gasteiger partial charge in [-0.1, -0.05) is 36.4 Å². The van der Waals surface area contributed by atoms with Gasteiger partial charge in [0.2, 0.25) is 0 Å². The van der Waals surface area contributed by atoms with Crippen LogP contribution in [0.1, 0.15) is 12.2 Å². The van der Waals surface area contributed by atoms with Crippen molar-refractivity contribution in [3.05, 3.63) is 66.5 Å². The highest BCUT2D eigenvalue weighted by atomic mass is 32.2. The molecule has 0 saturated heterocycles. The van der Waals surface area contributed by atoms with Crippen molar-refractivity contribution in [3.8, 4) is 11.4 Å². The Bertz CT molecular complexity index is 703. The number of aromatic nitrogens is 4. The summed E-state index contributed by atoms with van der Waals surface area (Å²) < 4.78 is 7.46. The molecule has 1 heterocycles. The number of hydrogen-bond donors (Lipinski definition) is 0. The Kier molecular flexibility index (Phi) is 5.64. The van der Waals surface area contributed by atoms with Crippen molar-refractivity contribution in [2.24, 2.45) is 0 Å². The minimum Gasteiger partial charge on any atom is -0.494 e. The minimum absolute atomic E-state index is 0.723. The lowest BCUT2D eigenvalue weighted by molar-refractivity contribution is 0.318. The van der Waals surface area contributed by atoms with Gasteiger partial charge in [0.25, 0.3) is 0 Å². The fraction of sp³-hybridized carbons (Fsp3) is 0.235. The third kappa shape index (κ3) is 4.56. The summed E-state index contributed by atoms with van der Waals surface area (Å²) in [5.74, 6) is 3.58. The summed E-state index contributed by atoms with van der Waals surface area (Å²) in [6.07, 6.45) is 0.993. The van der Waals surface area contributed by atoms with Gasteiger partial charge in [-0.15, -0.1) is 5.10 Å². The molecule has 0 N–H and O–H groups in total. The summed E-state index contributed by atoms with van der Waals surface area (Å²) in [4.78, 5) is 0. The molecule has 1 aromatic heterocycles. The lowest BCUT2D eigenvalue weighted by Crippen LogP contribution is -2.03. The van der Waals surface area contributed by atoms with E-state index in [1.54, 1.807) is 4.68 Å². The summed E-state index contributed by atoms with van der Waals surface area (Å²) in [5.41, 5.74) is 0.987. The Morgan fingerprint density at radius 3 is 2.48 bits per heavy atom. The van der Waals surface area contributed by atoms with Crippen LogP contribution in [0.2, 0.25) is 0 Å². The number of para-hydroxylation sites is 2. The number of rotatable bonds is 8. The second kappa shape index (κ2) is 8.33. The largest absolute Gasteiger partial charge is 0.494 e. The molecule has 0 bridgehead atoms. The van der Waals surface area contributed by atoms with Crippen LogP contribution < -0.4 is 4.74 Å². The molecular weight excluding hydrogens is 308 g/mol. The van der Waals surface area contributed by atoms with Crippen LogP contribution in [0, 0.1) is 0 Å². The van der Waals surface area contributed by atoms with Crippen LogP contribution in [0.3, 0.4) is 0 Å². The van der Waals surface area contributed by atoms with Crippen LogP contribution >= 0.6 is 11.8 Å². The van der Waals surface area contributed by atoms with Crippen molar-refractivity contribution in [1.29, 1.82) is 0 Å². The van der Waals surface area contributed by atoms with Gasteiger partial charge < -0.3 is 4.74 Å². The van der Waals surface area contributed by atoms with Crippen LogP contribution in [0.5, 0.6) is 5.75 Å². The lowest BCUT2D eigenvalue weighted by Gasteiger charge is -2.06. The van der Waals surface area contributed by atoms with Gasteiger partial charge in [-0.3, -0.25) is 0 Å². The van der Waals surface area contributed by atoms with E-state index in [4.69, 9.17) is 4.74 Å². The van der Waals surface area contributed by atoms with E-state index in [1.807, 2.05) is 72.4 Å². The van der Waals surface area contributed by atoms with Gasteiger partial charge in [-0.2, -0.15) is 16.4 Å². The van der Waals surface area contributed by atoms with Gasteiger partial charge in [-0.05, 0) is 46.9 Å². The van der Waals surface area contributed by atoms with Crippen molar-refractivity contribution in [2.75, 3.05) is 12.4 Å². The van der Waals surface area contributed by atoms with Gasteiger partial charge in [-0.25, -0.2) is 0 Å². The van der Waals surface area contributed by atoms with Crippen molar-refractivity contribution in [2.45, 2.75) is 12.2 Å². The third-order valence-corrected chi connectivity index (χ3v) is 4.25. The Balaban J connectivity index is 1.41. The van der Waals surface area contributed by atoms with E-state index in [2.05, 4.69) is 15.5 Å². The Morgan fingerprint density at radius 1 is 0.957 bits per heavy atom. The molecule has 0 radical (unpaired) electrons. The average Bonchev–Trinajstić information content (AvgIpc) is 3.08. The van der Waals surface area contributed by atoms with E-state index in [0.717, 1.165) is 41.8 Å². The standard InChI is InChI=1S/C17H18N4OS/c1-3-8-15(9-4-1)21-17(18-19-20-21)14-23-13-7-12-22-16-10-5-2-6-11-16/h1-6,8-11H,7,12-14H2. The molecule has 0 saturated carbocycles. The molecule has 3 rings (SSSR count). The van der Waals surface area contributed by atoms with Gasteiger partial charge in [0.15, 0.2) is 5.82 Å². The quantitative estimate of drug-likeness (QED) is 0.594. The Labute approximate surface area is 139 Å². The first-order valence-corrected chi connectivity index (χ1v) is 8.67. The zero-order valence-corrected chi connectivity index (χ0v) is 13.5. The topological polar surface area (TPSA) is 52.8 Å². The van der Waals surface area contributed by atoms with Crippen molar-refractivity contribution in [1.82, 2.24) is 20.2 Å².